The highest BCUT2D eigenvalue weighted by Crippen LogP contribution is 2.34. The van der Waals surface area contributed by atoms with E-state index in [1.54, 1.807) is 30.7 Å². The van der Waals surface area contributed by atoms with Crippen molar-refractivity contribution in [3.63, 3.8) is 0 Å². The summed E-state index contributed by atoms with van der Waals surface area (Å²) in [7, 11) is 0. The van der Waals surface area contributed by atoms with Gasteiger partial charge in [0.2, 0.25) is 11.7 Å². The summed E-state index contributed by atoms with van der Waals surface area (Å²) in [4.78, 5) is 28.0. The third-order valence-corrected chi connectivity index (χ3v) is 6.00. The van der Waals surface area contributed by atoms with Gasteiger partial charge in [0, 0.05) is 42.4 Å². The van der Waals surface area contributed by atoms with Crippen LogP contribution in [0.1, 0.15) is 11.3 Å². The molecule has 2 aromatic heterocycles. The van der Waals surface area contributed by atoms with Crippen LogP contribution in [-0.4, -0.2) is 59.6 Å². The number of morpholine rings is 1. The molecule has 0 saturated carbocycles. The zero-order valence-corrected chi connectivity index (χ0v) is 19.6. The van der Waals surface area contributed by atoms with Gasteiger partial charge in [-0.25, -0.2) is 9.98 Å². The van der Waals surface area contributed by atoms with Crippen molar-refractivity contribution >= 4 is 35.0 Å². The number of fused-ring (bicyclic) bond motifs is 1. The van der Waals surface area contributed by atoms with Crippen LogP contribution >= 0.6 is 0 Å². The highest BCUT2D eigenvalue weighted by molar-refractivity contribution is 5.99. The van der Waals surface area contributed by atoms with E-state index in [1.807, 2.05) is 36.4 Å². The van der Waals surface area contributed by atoms with E-state index < -0.39 is 5.79 Å². The number of aromatic nitrogens is 2. The summed E-state index contributed by atoms with van der Waals surface area (Å²) in [6.45, 7) is 5.31. The number of rotatable bonds is 7. The molecule has 2 unspecified atom stereocenters. The minimum Gasteiger partial charge on any atom is -0.394 e. The number of nitrogens with one attached hydrogen (secondary N) is 3. The number of aliphatic imine (C=N–C) groups is 1. The molecule has 0 radical (unpaired) electrons. The zero-order chi connectivity index (χ0) is 25.0. The van der Waals surface area contributed by atoms with E-state index in [-0.39, 0.29) is 18.6 Å². The Hall–Kier alpha value is -4.28. The Balaban J connectivity index is 1.45. The third kappa shape index (κ3) is 4.90. The van der Waals surface area contributed by atoms with E-state index in [4.69, 9.17) is 9.73 Å². The van der Waals surface area contributed by atoms with Gasteiger partial charge in [-0.3, -0.25) is 9.78 Å². The van der Waals surface area contributed by atoms with Gasteiger partial charge in [-0.15, -0.1) is 0 Å². The van der Waals surface area contributed by atoms with Gasteiger partial charge in [-0.05, 0) is 36.4 Å². The molecule has 1 aromatic carbocycles. The van der Waals surface area contributed by atoms with Crippen LogP contribution in [0.4, 0.5) is 22.9 Å². The van der Waals surface area contributed by atoms with Crippen molar-refractivity contribution in [3.05, 3.63) is 84.8 Å². The van der Waals surface area contributed by atoms with Gasteiger partial charge in [0.15, 0.2) is 0 Å². The monoisotopic (exact) mass is 485 g/mol. The zero-order valence-electron chi connectivity index (χ0n) is 19.6. The van der Waals surface area contributed by atoms with Crippen LogP contribution < -0.4 is 20.9 Å². The molecule has 0 aliphatic carbocycles. The Bertz CT molecular complexity index is 1280. The van der Waals surface area contributed by atoms with Crippen LogP contribution in [0.15, 0.2) is 78.6 Å². The molecule has 2 atom stereocenters. The molecule has 0 spiro atoms. The standard InChI is InChI=1S/C26H27N7O3/c1-2-25(35)30-19-9-10-27-23(13-19)26(29-14-18-5-3-4-6-22(18)32-26)31-20-7-8-24(28-15-20)33-11-12-36-21(16-33)17-34/h2-10,13-15,21,31-32,34H,1,11-12,16-17H2,(H,27,30,35). The number of hydrogen-bond acceptors (Lipinski definition) is 9. The molecule has 1 saturated heterocycles. The minimum absolute atomic E-state index is 0.0247. The van der Waals surface area contributed by atoms with Gasteiger partial charge >= 0.3 is 0 Å². The van der Waals surface area contributed by atoms with Gasteiger partial charge < -0.3 is 30.7 Å². The predicted molar refractivity (Wildman–Crippen MR) is 139 cm³/mol. The van der Waals surface area contributed by atoms with Gasteiger partial charge in [-0.1, -0.05) is 24.8 Å². The SMILES string of the molecule is C=CC(=O)Nc1ccnc(C2(Nc3ccc(N4CCOC(CO)C4)nc3)N=Cc3ccccc3N2)c1. The van der Waals surface area contributed by atoms with Gasteiger partial charge in [0.1, 0.15) is 11.5 Å². The number of aliphatic hydroxyl groups is 1. The molecule has 10 nitrogen and oxygen atoms in total. The number of aliphatic hydroxyl groups excluding tert-OH is 1. The maximum absolute atomic E-state index is 11.9. The molecule has 2 aliphatic rings. The summed E-state index contributed by atoms with van der Waals surface area (Å²) >= 11 is 0. The largest absolute Gasteiger partial charge is 0.394 e. The second-order valence-electron chi connectivity index (χ2n) is 8.46. The molecule has 4 N–H and O–H groups in total. The van der Waals surface area contributed by atoms with Crippen LogP contribution in [0.3, 0.4) is 0 Å². The fourth-order valence-electron chi connectivity index (χ4n) is 4.17. The Labute approximate surface area is 208 Å². The first-order chi connectivity index (χ1) is 17.6. The lowest BCUT2D eigenvalue weighted by molar-refractivity contribution is -0.111. The van der Waals surface area contributed by atoms with Crippen molar-refractivity contribution in [2.24, 2.45) is 4.99 Å². The van der Waals surface area contributed by atoms with Crippen molar-refractivity contribution in [1.29, 1.82) is 0 Å². The van der Waals surface area contributed by atoms with Crippen LogP contribution in [0, 0.1) is 0 Å². The number of ether oxygens (including phenoxy) is 1. The number of para-hydroxylation sites is 1. The molecule has 36 heavy (non-hydrogen) atoms. The number of anilines is 4. The number of pyridine rings is 2. The molecule has 0 bridgehead atoms. The number of amides is 1. The maximum Gasteiger partial charge on any atom is 0.250 e. The number of nitrogens with zero attached hydrogens (tertiary/aromatic N) is 4. The van der Waals surface area contributed by atoms with Crippen LogP contribution in [0.2, 0.25) is 0 Å². The van der Waals surface area contributed by atoms with Crippen LogP contribution in [0.25, 0.3) is 0 Å². The first kappa shape index (κ1) is 23.5. The van der Waals surface area contributed by atoms with E-state index in [2.05, 4.69) is 37.4 Å². The Morgan fingerprint density at radius 3 is 2.94 bits per heavy atom. The van der Waals surface area contributed by atoms with E-state index in [0.717, 1.165) is 22.8 Å². The normalized spacial score (nSPS) is 20.7. The third-order valence-electron chi connectivity index (χ3n) is 6.00. The fraction of sp³-hybridized carbons (Fsp3) is 0.231. The lowest BCUT2D eigenvalue weighted by Crippen LogP contribution is -2.45. The first-order valence-corrected chi connectivity index (χ1v) is 11.6. The lowest BCUT2D eigenvalue weighted by Gasteiger charge is -2.36. The van der Waals surface area contributed by atoms with Crippen molar-refractivity contribution in [3.8, 4) is 0 Å². The smallest absolute Gasteiger partial charge is 0.250 e. The second kappa shape index (κ2) is 10.1. The van der Waals surface area contributed by atoms with Crippen molar-refractivity contribution in [1.82, 2.24) is 9.97 Å². The average molecular weight is 486 g/mol. The minimum atomic E-state index is -1.15. The number of carbonyl (C=O) groups excluding carboxylic acids is 1. The summed E-state index contributed by atoms with van der Waals surface area (Å²) in [6.07, 6.45) is 6.14. The lowest BCUT2D eigenvalue weighted by atomic mass is 10.1. The van der Waals surface area contributed by atoms with Gasteiger partial charge in [-0.2, -0.15) is 0 Å². The summed E-state index contributed by atoms with van der Waals surface area (Å²) in [6, 6.07) is 15.2. The van der Waals surface area contributed by atoms with Gasteiger partial charge in [0.25, 0.3) is 0 Å². The van der Waals surface area contributed by atoms with Crippen LogP contribution in [0.5, 0.6) is 0 Å². The summed E-state index contributed by atoms with van der Waals surface area (Å²) in [5.74, 6) is -0.659. The van der Waals surface area contributed by atoms with E-state index in [1.165, 1.54) is 6.08 Å². The number of carbonyl (C=O) groups is 1. The Kier molecular flexibility index (Phi) is 6.61. The summed E-state index contributed by atoms with van der Waals surface area (Å²) < 4.78 is 5.54. The maximum atomic E-state index is 11.9. The van der Waals surface area contributed by atoms with Gasteiger partial charge in [0.05, 0.1) is 31.2 Å². The summed E-state index contributed by atoms with van der Waals surface area (Å²) in [5, 5.41) is 19.1. The highest BCUT2D eigenvalue weighted by Gasteiger charge is 2.36. The highest BCUT2D eigenvalue weighted by atomic mass is 16.5. The molecule has 10 heteroatoms. The molecule has 3 aromatic rings. The van der Waals surface area contributed by atoms with E-state index in [0.29, 0.717) is 31.1 Å². The van der Waals surface area contributed by atoms with E-state index >= 15 is 0 Å². The molecule has 2 aliphatic heterocycles. The predicted octanol–water partition coefficient (Wildman–Crippen LogP) is 2.57. The number of hydrogen-bond donors (Lipinski definition) is 4. The Morgan fingerprint density at radius 1 is 1.25 bits per heavy atom. The molecule has 1 fully saturated rings. The van der Waals surface area contributed by atoms with Crippen LogP contribution in [-0.2, 0) is 15.3 Å². The molecule has 184 valence electrons. The number of benzene rings is 1. The first-order valence-electron chi connectivity index (χ1n) is 11.6. The fourth-order valence-corrected chi connectivity index (χ4v) is 4.17. The average Bonchev–Trinajstić information content (AvgIpc) is 2.93. The molecule has 4 heterocycles. The van der Waals surface area contributed by atoms with Crippen molar-refractivity contribution in [2.75, 3.05) is 47.2 Å². The molecule has 1 amide bonds. The molecular weight excluding hydrogens is 458 g/mol. The van der Waals surface area contributed by atoms with Crippen molar-refractivity contribution < 1.29 is 14.6 Å². The molecule has 5 rings (SSSR count). The Morgan fingerprint density at radius 2 is 2.14 bits per heavy atom. The topological polar surface area (TPSA) is 124 Å². The summed E-state index contributed by atoms with van der Waals surface area (Å²) in [5.41, 5.74) is 3.68. The second-order valence-corrected chi connectivity index (χ2v) is 8.46. The quantitative estimate of drug-likeness (QED) is 0.377. The van der Waals surface area contributed by atoms with Crippen molar-refractivity contribution in [2.45, 2.75) is 11.9 Å². The molecular formula is C26H27N7O3. The van der Waals surface area contributed by atoms with E-state index in [9.17, 15) is 9.90 Å².